The molecule has 17 heavy (non-hydrogen) atoms. The average molecular weight is 259 g/mol. The number of hydrogen-bond acceptors (Lipinski definition) is 5. The van der Waals surface area contributed by atoms with Crippen LogP contribution in [0, 0.1) is 0 Å². The van der Waals surface area contributed by atoms with E-state index in [1.54, 1.807) is 0 Å². The second kappa shape index (κ2) is 5.05. The Hall–Kier alpha value is -1.76. The maximum atomic E-state index is 11.8. The highest BCUT2D eigenvalue weighted by Gasteiger charge is 2.20. The van der Waals surface area contributed by atoms with Gasteiger partial charge in [-0.25, -0.2) is 13.1 Å². The monoisotopic (exact) mass is 259 g/mol. The minimum Gasteiger partial charge on any atom is -0.497 e. The molecule has 1 rings (SSSR count). The Bertz CT molecular complexity index is 523. The smallest absolute Gasteiger partial charge is 0.267 e. The number of methoxy groups -OCH3 is 2. The largest absolute Gasteiger partial charge is 0.497 e. The molecule has 0 atom stereocenters. The van der Waals surface area contributed by atoms with E-state index in [1.807, 2.05) is 4.72 Å². The first-order chi connectivity index (χ1) is 7.90. The third kappa shape index (κ3) is 3.10. The number of ether oxygens (including phenoxy) is 2. The van der Waals surface area contributed by atoms with Crippen molar-refractivity contribution in [3.8, 4) is 11.5 Å². The number of nitrogens with one attached hydrogen (secondary N) is 1. The maximum Gasteiger partial charge on any atom is 0.267 e. The van der Waals surface area contributed by atoms with Gasteiger partial charge in [0.25, 0.3) is 10.0 Å². The molecule has 0 unspecified atom stereocenters. The minimum atomic E-state index is -3.91. The summed E-state index contributed by atoms with van der Waals surface area (Å²) >= 11 is 0. The second-order valence-electron chi connectivity index (χ2n) is 3.18. The Morgan fingerprint density at radius 3 is 2.35 bits per heavy atom. The van der Waals surface area contributed by atoms with Gasteiger partial charge >= 0.3 is 0 Å². The van der Waals surface area contributed by atoms with E-state index in [-0.39, 0.29) is 10.6 Å². The Kier molecular flexibility index (Phi) is 3.95. The Morgan fingerprint density at radius 1 is 1.24 bits per heavy atom. The standard InChI is InChI=1S/C10H13NO5S/c1-7(12)11-17(13,14)10-5-4-8(15-2)6-9(10)16-3/h4-6H,1-3H3,(H,11,12). The molecule has 1 aromatic rings. The Morgan fingerprint density at radius 2 is 1.88 bits per heavy atom. The van der Waals surface area contributed by atoms with Crippen LogP contribution >= 0.6 is 0 Å². The second-order valence-corrected chi connectivity index (χ2v) is 4.83. The average Bonchev–Trinajstić information content (AvgIpc) is 2.26. The van der Waals surface area contributed by atoms with Gasteiger partial charge in [0, 0.05) is 13.0 Å². The molecule has 0 aliphatic heterocycles. The molecule has 0 heterocycles. The van der Waals surface area contributed by atoms with Crippen LogP contribution in [0.5, 0.6) is 11.5 Å². The molecule has 0 saturated carbocycles. The van der Waals surface area contributed by atoms with E-state index in [0.29, 0.717) is 5.75 Å². The van der Waals surface area contributed by atoms with Crippen LogP contribution in [0.2, 0.25) is 0 Å². The van der Waals surface area contributed by atoms with Crippen LogP contribution in [0.1, 0.15) is 6.92 Å². The number of benzene rings is 1. The normalized spacial score (nSPS) is 10.8. The number of carbonyl (C=O) groups excluding carboxylic acids is 1. The van der Waals surface area contributed by atoms with Crippen molar-refractivity contribution >= 4 is 15.9 Å². The predicted molar refractivity (Wildman–Crippen MR) is 60.5 cm³/mol. The van der Waals surface area contributed by atoms with Crippen molar-refractivity contribution in [1.29, 1.82) is 0 Å². The topological polar surface area (TPSA) is 81.7 Å². The fourth-order valence-electron chi connectivity index (χ4n) is 1.24. The first-order valence-electron chi connectivity index (χ1n) is 4.66. The van der Waals surface area contributed by atoms with E-state index in [9.17, 15) is 13.2 Å². The van der Waals surface area contributed by atoms with Gasteiger partial charge in [-0.05, 0) is 12.1 Å². The Balaban J connectivity index is 3.26. The van der Waals surface area contributed by atoms with E-state index in [4.69, 9.17) is 9.47 Å². The lowest BCUT2D eigenvalue weighted by Gasteiger charge is -2.10. The van der Waals surface area contributed by atoms with Gasteiger partial charge in [0.05, 0.1) is 14.2 Å². The van der Waals surface area contributed by atoms with E-state index >= 15 is 0 Å². The van der Waals surface area contributed by atoms with Crippen molar-refractivity contribution in [2.24, 2.45) is 0 Å². The first kappa shape index (κ1) is 13.3. The van der Waals surface area contributed by atoms with Gasteiger partial charge in [0.15, 0.2) is 0 Å². The Labute approximate surface area is 99.6 Å². The third-order valence-corrected chi connectivity index (χ3v) is 3.41. The van der Waals surface area contributed by atoms with Crippen molar-refractivity contribution in [3.05, 3.63) is 18.2 Å². The lowest BCUT2D eigenvalue weighted by molar-refractivity contribution is -0.117. The van der Waals surface area contributed by atoms with Gasteiger partial charge < -0.3 is 9.47 Å². The molecule has 0 fully saturated rings. The van der Waals surface area contributed by atoms with Crippen molar-refractivity contribution in [2.75, 3.05) is 14.2 Å². The molecule has 1 N–H and O–H groups in total. The molecule has 7 heteroatoms. The highest BCUT2D eigenvalue weighted by atomic mass is 32.2. The van der Waals surface area contributed by atoms with Crippen LogP contribution in [0.3, 0.4) is 0 Å². The molecule has 0 saturated heterocycles. The van der Waals surface area contributed by atoms with Crippen LogP contribution in [-0.2, 0) is 14.8 Å². The lowest BCUT2D eigenvalue weighted by atomic mass is 10.3. The number of carbonyl (C=O) groups is 1. The summed E-state index contributed by atoms with van der Waals surface area (Å²) < 4.78 is 35.3. The molecule has 0 aromatic heterocycles. The van der Waals surface area contributed by atoms with Crippen LogP contribution < -0.4 is 14.2 Å². The molecular weight excluding hydrogens is 246 g/mol. The fraction of sp³-hybridized carbons (Fsp3) is 0.300. The van der Waals surface area contributed by atoms with Crippen molar-refractivity contribution in [1.82, 2.24) is 4.72 Å². The molecule has 6 nitrogen and oxygen atoms in total. The maximum absolute atomic E-state index is 11.8. The SMILES string of the molecule is COc1ccc(S(=O)(=O)NC(C)=O)c(OC)c1. The molecule has 0 radical (unpaired) electrons. The quantitative estimate of drug-likeness (QED) is 0.853. The van der Waals surface area contributed by atoms with Gasteiger partial charge in [-0.1, -0.05) is 0 Å². The number of rotatable bonds is 4. The molecule has 0 bridgehead atoms. The van der Waals surface area contributed by atoms with Gasteiger partial charge in [-0.3, -0.25) is 4.79 Å². The third-order valence-electron chi connectivity index (χ3n) is 1.94. The molecular formula is C10H13NO5S. The minimum absolute atomic E-state index is 0.109. The summed E-state index contributed by atoms with van der Waals surface area (Å²) in [5, 5.41) is 0. The zero-order valence-electron chi connectivity index (χ0n) is 9.68. The summed E-state index contributed by atoms with van der Waals surface area (Å²) in [6.45, 7) is 1.12. The number of hydrogen-bond donors (Lipinski definition) is 1. The van der Waals surface area contributed by atoms with E-state index < -0.39 is 15.9 Å². The summed E-state index contributed by atoms with van der Waals surface area (Å²) in [7, 11) is -1.12. The fourth-order valence-corrected chi connectivity index (χ4v) is 2.38. The van der Waals surface area contributed by atoms with Crippen molar-refractivity contribution in [2.45, 2.75) is 11.8 Å². The number of amides is 1. The number of sulfonamides is 1. The summed E-state index contributed by atoms with van der Waals surface area (Å²) in [4.78, 5) is 10.7. The van der Waals surface area contributed by atoms with Crippen LogP contribution in [0.15, 0.2) is 23.1 Å². The first-order valence-corrected chi connectivity index (χ1v) is 6.14. The van der Waals surface area contributed by atoms with E-state index in [0.717, 1.165) is 6.92 Å². The van der Waals surface area contributed by atoms with Gasteiger partial charge in [0.2, 0.25) is 5.91 Å². The summed E-state index contributed by atoms with van der Waals surface area (Å²) in [6, 6.07) is 4.20. The van der Waals surface area contributed by atoms with Crippen molar-refractivity contribution in [3.63, 3.8) is 0 Å². The van der Waals surface area contributed by atoms with Crippen LogP contribution in [-0.4, -0.2) is 28.5 Å². The lowest BCUT2D eigenvalue weighted by Crippen LogP contribution is -2.28. The van der Waals surface area contributed by atoms with E-state index in [2.05, 4.69) is 0 Å². The van der Waals surface area contributed by atoms with Gasteiger partial charge in [-0.2, -0.15) is 0 Å². The zero-order chi connectivity index (χ0) is 13.1. The predicted octanol–water partition coefficient (Wildman–Crippen LogP) is 0.529. The summed E-state index contributed by atoms with van der Waals surface area (Å²) in [5.41, 5.74) is 0. The summed E-state index contributed by atoms with van der Waals surface area (Å²) in [6.07, 6.45) is 0. The zero-order valence-corrected chi connectivity index (χ0v) is 10.5. The molecule has 0 spiro atoms. The highest BCUT2D eigenvalue weighted by Crippen LogP contribution is 2.28. The molecule has 1 amide bonds. The van der Waals surface area contributed by atoms with Gasteiger partial charge in [-0.15, -0.1) is 0 Å². The van der Waals surface area contributed by atoms with Crippen LogP contribution in [0.4, 0.5) is 0 Å². The molecule has 0 aliphatic carbocycles. The molecule has 94 valence electrons. The van der Waals surface area contributed by atoms with Crippen LogP contribution in [0.25, 0.3) is 0 Å². The highest BCUT2D eigenvalue weighted by molar-refractivity contribution is 7.90. The summed E-state index contributed by atoms with van der Waals surface area (Å²) in [5.74, 6) is -0.0930. The molecule has 1 aromatic carbocycles. The van der Waals surface area contributed by atoms with E-state index in [1.165, 1.54) is 32.4 Å². The van der Waals surface area contributed by atoms with Gasteiger partial charge in [0.1, 0.15) is 16.4 Å². The molecule has 0 aliphatic rings. The van der Waals surface area contributed by atoms with Crippen molar-refractivity contribution < 1.29 is 22.7 Å².